The summed E-state index contributed by atoms with van der Waals surface area (Å²) in [4.78, 5) is 33.6. The van der Waals surface area contributed by atoms with Crippen molar-refractivity contribution in [1.29, 1.82) is 0 Å². The molecule has 7 nitrogen and oxygen atoms in total. The van der Waals surface area contributed by atoms with E-state index in [1.165, 1.54) is 6.07 Å². The van der Waals surface area contributed by atoms with Gasteiger partial charge in [0.2, 0.25) is 5.91 Å². The lowest BCUT2D eigenvalue weighted by Gasteiger charge is -2.41. The highest BCUT2D eigenvalue weighted by Gasteiger charge is 2.41. The average molecular weight is 487 g/mol. The van der Waals surface area contributed by atoms with Crippen molar-refractivity contribution in [2.24, 2.45) is 0 Å². The van der Waals surface area contributed by atoms with Crippen LogP contribution in [0.3, 0.4) is 0 Å². The maximum absolute atomic E-state index is 14.1. The molecule has 1 aromatic heterocycles. The molecule has 2 aliphatic rings. The van der Waals surface area contributed by atoms with E-state index in [1.807, 2.05) is 44.7 Å². The van der Waals surface area contributed by atoms with Crippen LogP contribution in [0.5, 0.6) is 0 Å². The number of hydrogen-bond acceptors (Lipinski definition) is 5. The Morgan fingerprint density at radius 2 is 1.91 bits per heavy atom. The summed E-state index contributed by atoms with van der Waals surface area (Å²) in [5, 5.41) is 2.80. The predicted molar refractivity (Wildman–Crippen MR) is 138 cm³/mol. The van der Waals surface area contributed by atoms with Crippen LogP contribution in [0.2, 0.25) is 0 Å². The van der Waals surface area contributed by atoms with E-state index in [-0.39, 0.29) is 23.5 Å². The molecule has 0 spiro atoms. The van der Waals surface area contributed by atoms with Crippen molar-refractivity contribution >= 4 is 23.2 Å². The monoisotopic (exact) mass is 486 g/mol. The lowest BCUT2D eigenvalue weighted by Crippen LogP contribution is -2.63. The van der Waals surface area contributed by atoms with Crippen LogP contribution in [-0.2, 0) is 9.53 Å². The van der Waals surface area contributed by atoms with E-state index in [4.69, 9.17) is 0 Å². The molecule has 0 bridgehead atoms. The third-order valence-electron chi connectivity index (χ3n) is 6.19. The number of nitrogens with one attached hydrogen (secondary N) is 1. The van der Waals surface area contributed by atoms with Gasteiger partial charge in [0.15, 0.2) is 0 Å². The highest BCUT2D eigenvalue weighted by molar-refractivity contribution is 5.98. The highest BCUT2D eigenvalue weighted by Crippen LogP contribution is 2.40. The van der Waals surface area contributed by atoms with Gasteiger partial charge in [-0.2, -0.15) is 0 Å². The van der Waals surface area contributed by atoms with Gasteiger partial charge in [0.05, 0.1) is 11.4 Å². The molecule has 0 saturated carbocycles. The maximum atomic E-state index is 14.1. The van der Waals surface area contributed by atoms with Crippen molar-refractivity contribution in [3.8, 4) is 0 Å². The molecule has 2 aromatic rings. The van der Waals surface area contributed by atoms with E-state index in [1.54, 1.807) is 44.9 Å². The van der Waals surface area contributed by atoms with Gasteiger partial charge in [0.25, 0.3) is 5.91 Å². The number of methoxy groups -OCH3 is 1. The van der Waals surface area contributed by atoms with Crippen molar-refractivity contribution < 1.29 is 18.7 Å². The number of hydrogen-bond donors (Lipinski definition) is 1. The van der Waals surface area contributed by atoms with E-state index in [9.17, 15) is 14.0 Å². The summed E-state index contributed by atoms with van der Waals surface area (Å²) in [7, 11) is 1.68. The molecule has 1 saturated heterocycles. The second kappa shape index (κ2) is 12.1. The fourth-order valence-electron chi connectivity index (χ4n) is 4.02. The zero-order chi connectivity index (χ0) is 26.3. The Bertz CT molecular complexity index is 1040. The number of rotatable bonds is 3. The fourth-order valence-corrected chi connectivity index (χ4v) is 4.02. The molecule has 4 rings (SSSR count). The smallest absolute Gasteiger partial charge is 0.273 e. The predicted octanol–water partition coefficient (Wildman–Crippen LogP) is 4.81. The molecule has 3 heterocycles. The van der Waals surface area contributed by atoms with Crippen LogP contribution >= 0.6 is 0 Å². The summed E-state index contributed by atoms with van der Waals surface area (Å²) in [6.07, 6.45) is 0. The van der Waals surface area contributed by atoms with Gasteiger partial charge >= 0.3 is 0 Å². The minimum atomic E-state index is -0.924. The molecular formula is C27H39FN4O3. The normalized spacial score (nSPS) is 18.0. The largest absolute Gasteiger partial charge is 0.385 e. The van der Waals surface area contributed by atoms with Gasteiger partial charge in [-0.1, -0.05) is 26.8 Å². The standard InChI is InChI=1S/C22H25FN4O2.C3H8O.C2H6/c1-13-5-6-15(11-16(13)23)26-12-14(2)19-18(26)8-7-17(25-19)20(28)27-10-9-24-21(29)22(27,3)4;1-3-4-2;1-2/h5-8,11,14H,9-10,12H2,1-4H3,(H,24,29);3H2,1-2H3;1-2H3/t14-;;/m1../s1. The Morgan fingerprint density at radius 3 is 2.51 bits per heavy atom. The second-order valence-electron chi connectivity index (χ2n) is 8.90. The number of amides is 2. The highest BCUT2D eigenvalue weighted by atomic mass is 19.1. The minimum Gasteiger partial charge on any atom is -0.385 e. The van der Waals surface area contributed by atoms with Gasteiger partial charge in [-0.15, -0.1) is 0 Å². The van der Waals surface area contributed by atoms with Crippen molar-refractivity contribution in [1.82, 2.24) is 15.2 Å². The Hall–Kier alpha value is -3.00. The number of anilines is 2. The number of aromatic nitrogens is 1. The molecule has 192 valence electrons. The zero-order valence-corrected chi connectivity index (χ0v) is 22.2. The molecule has 0 unspecified atom stereocenters. The molecule has 1 fully saturated rings. The molecule has 1 atom stereocenters. The van der Waals surface area contributed by atoms with Gasteiger partial charge in [0.1, 0.15) is 17.1 Å². The number of carbonyl (C=O) groups excluding carboxylic acids is 2. The number of pyridine rings is 1. The first kappa shape index (κ1) is 28.2. The van der Waals surface area contributed by atoms with Gasteiger partial charge in [-0.05, 0) is 57.5 Å². The number of nitrogens with zero attached hydrogens (tertiary/aromatic N) is 3. The van der Waals surface area contributed by atoms with Gasteiger partial charge in [-0.25, -0.2) is 9.37 Å². The van der Waals surface area contributed by atoms with Crippen LogP contribution < -0.4 is 10.2 Å². The van der Waals surface area contributed by atoms with Crippen molar-refractivity contribution in [2.45, 2.75) is 59.9 Å². The Labute approximate surface area is 208 Å². The second-order valence-corrected chi connectivity index (χ2v) is 8.90. The third-order valence-corrected chi connectivity index (χ3v) is 6.19. The number of ether oxygens (including phenoxy) is 1. The number of carbonyl (C=O) groups is 2. The molecule has 2 amide bonds. The van der Waals surface area contributed by atoms with E-state index < -0.39 is 5.54 Å². The van der Waals surface area contributed by atoms with Crippen LogP contribution in [0, 0.1) is 12.7 Å². The quantitative estimate of drug-likeness (QED) is 0.674. The first-order valence-corrected chi connectivity index (χ1v) is 12.3. The Kier molecular flexibility index (Phi) is 9.77. The molecule has 1 N–H and O–H groups in total. The first-order valence-electron chi connectivity index (χ1n) is 12.3. The summed E-state index contributed by atoms with van der Waals surface area (Å²) in [5.41, 5.74) is 2.48. The van der Waals surface area contributed by atoms with E-state index in [2.05, 4.69) is 15.0 Å². The number of fused-ring (bicyclic) bond motifs is 1. The van der Waals surface area contributed by atoms with Crippen molar-refractivity contribution in [3.63, 3.8) is 0 Å². The molecule has 35 heavy (non-hydrogen) atoms. The van der Waals surface area contributed by atoms with Crippen LogP contribution in [0.25, 0.3) is 0 Å². The summed E-state index contributed by atoms with van der Waals surface area (Å²) in [5.74, 6) is -0.562. The number of benzene rings is 1. The zero-order valence-electron chi connectivity index (χ0n) is 22.2. The van der Waals surface area contributed by atoms with E-state index in [0.29, 0.717) is 30.9 Å². The van der Waals surface area contributed by atoms with E-state index >= 15 is 0 Å². The molecule has 1 aromatic carbocycles. The van der Waals surface area contributed by atoms with Gasteiger partial charge < -0.3 is 19.9 Å². The van der Waals surface area contributed by atoms with Crippen molar-refractivity contribution in [2.75, 3.05) is 38.3 Å². The van der Waals surface area contributed by atoms with Crippen LogP contribution in [0.15, 0.2) is 30.3 Å². The SMILES string of the molecule is CC.CCOC.Cc1ccc(N2C[C@@H](C)c3nc(C(=O)N4CCNC(=O)C4(C)C)ccc32)cc1F. The van der Waals surface area contributed by atoms with Crippen LogP contribution in [-0.4, -0.2) is 60.6 Å². The van der Waals surface area contributed by atoms with E-state index in [0.717, 1.165) is 23.7 Å². The number of aryl methyl sites for hydroxylation is 1. The molecule has 0 radical (unpaired) electrons. The summed E-state index contributed by atoms with van der Waals surface area (Å²) < 4.78 is 18.6. The topological polar surface area (TPSA) is 74.8 Å². The number of halogens is 1. The summed E-state index contributed by atoms with van der Waals surface area (Å²) in [6.45, 7) is 15.6. The Balaban J connectivity index is 0.000000655. The summed E-state index contributed by atoms with van der Waals surface area (Å²) in [6, 6.07) is 8.76. The summed E-state index contributed by atoms with van der Waals surface area (Å²) >= 11 is 0. The maximum Gasteiger partial charge on any atom is 0.273 e. The van der Waals surface area contributed by atoms with Gasteiger partial charge in [-0.3, -0.25) is 9.59 Å². The first-order chi connectivity index (χ1) is 16.6. The lowest BCUT2D eigenvalue weighted by atomic mass is 9.98. The Morgan fingerprint density at radius 1 is 1.26 bits per heavy atom. The van der Waals surface area contributed by atoms with Crippen molar-refractivity contribution in [3.05, 3.63) is 53.1 Å². The molecule has 0 aliphatic carbocycles. The van der Waals surface area contributed by atoms with Crippen LogP contribution in [0.4, 0.5) is 15.8 Å². The third kappa shape index (κ3) is 5.99. The van der Waals surface area contributed by atoms with Gasteiger partial charge in [0, 0.05) is 45.0 Å². The fraction of sp³-hybridized carbons (Fsp3) is 0.519. The molecule has 8 heteroatoms. The molecule has 2 aliphatic heterocycles. The number of piperazine rings is 1. The van der Waals surface area contributed by atoms with Crippen LogP contribution in [0.1, 0.15) is 69.2 Å². The molecular weight excluding hydrogens is 447 g/mol. The minimum absolute atomic E-state index is 0.0970. The average Bonchev–Trinajstić information content (AvgIpc) is 3.19. The lowest BCUT2D eigenvalue weighted by molar-refractivity contribution is -0.133.